The third-order valence-electron chi connectivity index (χ3n) is 5.00. The quantitative estimate of drug-likeness (QED) is 0.376. The van der Waals surface area contributed by atoms with Crippen LogP contribution in [0, 0.1) is 0 Å². The van der Waals surface area contributed by atoms with Crippen LogP contribution >= 0.6 is 11.3 Å². The van der Waals surface area contributed by atoms with Gasteiger partial charge in [0.05, 0.1) is 17.0 Å². The van der Waals surface area contributed by atoms with E-state index < -0.39 is 5.60 Å². The molecule has 0 saturated carbocycles. The number of fused-ring (bicyclic) bond motifs is 1. The summed E-state index contributed by atoms with van der Waals surface area (Å²) in [5.74, 6) is 6.85. The third-order valence-corrected chi connectivity index (χ3v) is 5.92. The Kier molecular flexibility index (Phi) is 5.68. The number of rotatable bonds is 7. The minimum Gasteiger partial charge on any atom is -0.389 e. The lowest BCUT2D eigenvalue weighted by Crippen LogP contribution is -2.30. The zero-order valence-electron chi connectivity index (χ0n) is 18.3. The lowest BCUT2D eigenvalue weighted by atomic mass is 10.0. The number of hydrogen-bond donors (Lipinski definition) is 3. The molecule has 0 amide bonds. The van der Waals surface area contributed by atoms with E-state index in [0.29, 0.717) is 18.9 Å². The molecule has 0 fully saturated rings. The third kappa shape index (κ3) is 4.70. The lowest BCUT2D eigenvalue weighted by molar-refractivity contribution is 0.0943. The Hall–Kier alpha value is -2.97. The van der Waals surface area contributed by atoms with Crippen molar-refractivity contribution in [1.82, 2.24) is 19.9 Å². The number of hydrogen-bond acceptors (Lipinski definition) is 7. The van der Waals surface area contributed by atoms with Gasteiger partial charge in [-0.15, -0.1) is 11.3 Å². The van der Waals surface area contributed by atoms with Crippen molar-refractivity contribution in [2.75, 3.05) is 17.7 Å². The number of aliphatic hydroxyl groups is 1. The van der Waals surface area contributed by atoms with Gasteiger partial charge in [0.1, 0.15) is 11.0 Å². The molecule has 31 heavy (non-hydrogen) atoms. The number of aromatic nitrogens is 4. The fourth-order valence-corrected chi connectivity index (χ4v) is 4.18. The molecule has 4 rings (SSSR count). The number of nitrogens with zero attached hydrogens (tertiary/aromatic N) is 4. The molecule has 8 heteroatoms. The average molecular weight is 437 g/mol. The fraction of sp³-hybridized carbons (Fsp3) is 0.348. The Morgan fingerprint density at radius 3 is 2.52 bits per heavy atom. The number of nitrogens with two attached hydrogens (primary N) is 1. The summed E-state index contributed by atoms with van der Waals surface area (Å²) in [7, 11) is 0. The van der Waals surface area contributed by atoms with E-state index in [9.17, 15) is 5.11 Å². The molecule has 0 bridgehead atoms. The molecule has 0 radical (unpaired) electrons. The lowest BCUT2D eigenvalue weighted by Gasteiger charge is -2.18. The molecule has 0 saturated heterocycles. The van der Waals surface area contributed by atoms with Crippen LogP contribution in [-0.2, 0) is 6.42 Å². The molecule has 0 unspecified atom stereocenters. The normalized spacial score (nSPS) is 12.1. The van der Waals surface area contributed by atoms with Gasteiger partial charge in [-0.2, -0.15) is 9.89 Å². The first-order chi connectivity index (χ1) is 14.7. The van der Waals surface area contributed by atoms with Gasteiger partial charge in [0.25, 0.3) is 0 Å². The summed E-state index contributed by atoms with van der Waals surface area (Å²) < 4.78 is 0. The highest BCUT2D eigenvalue weighted by Gasteiger charge is 2.21. The van der Waals surface area contributed by atoms with E-state index in [0.717, 1.165) is 28.0 Å². The molecule has 4 aromatic rings. The molecule has 0 aliphatic carbocycles. The molecule has 162 valence electrons. The number of anilines is 1. The fourth-order valence-electron chi connectivity index (χ4n) is 3.44. The minimum absolute atomic E-state index is 0.169. The molecule has 0 aliphatic rings. The maximum atomic E-state index is 10.1. The monoisotopic (exact) mass is 436 g/mol. The maximum Gasteiger partial charge on any atom is 0.223 e. The van der Waals surface area contributed by atoms with Crippen molar-refractivity contribution in [2.45, 2.75) is 45.6 Å². The summed E-state index contributed by atoms with van der Waals surface area (Å²) in [6, 6.07) is 12.7. The number of thiophene rings is 1. The van der Waals surface area contributed by atoms with Gasteiger partial charge in [0, 0.05) is 17.8 Å². The zero-order valence-corrected chi connectivity index (χ0v) is 19.1. The number of benzene rings is 1. The van der Waals surface area contributed by atoms with Gasteiger partial charge in [0.15, 0.2) is 0 Å². The molecule has 7 nitrogen and oxygen atoms in total. The summed E-state index contributed by atoms with van der Waals surface area (Å²) in [5, 5.41) is 19.8. The largest absolute Gasteiger partial charge is 0.389 e. The van der Waals surface area contributed by atoms with Gasteiger partial charge >= 0.3 is 0 Å². The number of nitrogens with one attached hydrogen (secondary N) is 1. The summed E-state index contributed by atoms with van der Waals surface area (Å²) in [5.41, 5.74) is 4.56. The van der Waals surface area contributed by atoms with Gasteiger partial charge in [-0.1, -0.05) is 44.2 Å². The number of nitrogen functional groups attached to an aromatic ring is 1. The molecule has 0 spiro atoms. The SMILES string of the molecule is CC(C)c1nn(N)c2c(Cc3ccc(-c4cccs4)cc3)nc(NCC(C)(C)O)nc12. The Balaban J connectivity index is 1.72. The van der Waals surface area contributed by atoms with E-state index in [1.165, 1.54) is 15.2 Å². The van der Waals surface area contributed by atoms with Gasteiger partial charge in [-0.05, 0) is 42.3 Å². The second kappa shape index (κ2) is 8.28. The van der Waals surface area contributed by atoms with Gasteiger partial charge in [0.2, 0.25) is 5.95 Å². The van der Waals surface area contributed by atoms with Crippen LogP contribution < -0.4 is 11.2 Å². The Morgan fingerprint density at radius 2 is 1.90 bits per heavy atom. The van der Waals surface area contributed by atoms with Gasteiger partial charge in [-0.3, -0.25) is 0 Å². The average Bonchev–Trinajstić information content (AvgIpc) is 3.35. The Labute approximate surface area is 185 Å². The molecule has 3 heterocycles. The van der Waals surface area contributed by atoms with Gasteiger partial charge < -0.3 is 16.3 Å². The highest BCUT2D eigenvalue weighted by atomic mass is 32.1. The van der Waals surface area contributed by atoms with Crippen molar-refractivity contribution >= 4 is 28.3 Å². The minimum atomic E-state index is -0.880. The highest BCUT2D eigenvalue weighted by molar-refractivity contribution is 7.13. The van der Waals surface area contributed by atoms with E-state index in [4.69, 9.17) is 10.8 Å². The first-order valence-corrected chi connectivity index (χ1v) is 11.2. The van der Waals surface area contributed by atoms with Crippen LogP contribution in [0.25, 0.3) is 21.5 Å². The molecule has 0 atom stereocenters. The van der Waals surface area contributed by atoms with Crippen LogP contribution in [0.1, 0.15) is 50.6 Å². The van der Waals surface area contributed by atoms with Crippen molar-refractivity contribution < 1.29 is 5.11 Å². The predicted octanol–water partition coefficient (Wildman–Crippen LogP) is 4.17. The smallest absolute Gasteiger partial charge is 0.223 e. The van der Waals surface area contributed by atoms with Crippen molar-refractivity contribution in [3.8, 4) is 10.4 Å². The second-order valence-electron chi connectivity index (χ2n) is 8.69. The van der Waals surface area contributed by atoms with Crippen LogP contribution in [-0.4, -0.2) is 37.1 Å². The maximum absolute atomic E-state index is 10.1. The van der Waals surface area contributed by atoms with Crippen molar-refractivity contribution in [3.05, 3.63) is 58.7 Å². The molecular weight excluding hydrogens is 408 g/mol. The van der Waals surface area contributed by atoms with Crippen LogP contribution in [0.2, 0.25) is 0 Å². The Morgan fingerprint density at radius 1 is 1.16 bits per heavy atom. The van der Waals surface area contributed by atoms with E-state index >= 15 is 0 Å². The van der Waals surface area contributed by atoms with Crippen LogP contribution in [0.4, 0.5) is 5.95 Å². The van der Waals surface area contributed by atoms with Crippen LogP contribution in [0.3, 0.4) is 0 Å². The van der Waals surface area contributed by atoms with Crippen molar-refractivity contribution in [1.29, 1.82) is 0 Å². The van der Waals surface area contributed by atoms with E-state index in [-0.39, 0.29) is 5.92 Å². The van der Waals surface area contributed by atoms with Crippen LogP contribution in [0.15, 0.2) is 41.8 Å². The zero-order chi connectivity index (χ0) is 22.2. The molecule has 4 N–H and O–H groups in total. The van der Waals surface area contributed by atoms with E-state index in [1.807, 2.05) is 0 Å². The molecular formula is C23H28N6OS. The van der Waals surface area contributed by atoms with E-state index in [2.05, 4.69) is 71.0 Å². The standard InChI is InChI=1S/C23H28N6OS/c1-14(2)19-20-21(29(24)28-19)17(26-22(27-20)25-13-23(3,4)30)12-15-7-9-16(10-8-15)18-6-5-11-31-18/h5-11,14,30H,12-13,24H2,1-4H3,(H,25,26,27). The van der Waals surface area contributed by atoms with Crippen molar-refractivity contribution in [3.63, 3.8) is 0 Å². The highest BCUT2D eigenvalue weighted by Crippen LogP contribution is 2.28. The molecule has 1 aromatic carbocycles. The van der Waals surface area contributed by atoms with Crippen molar-refractivity contribution in [2.24, 2.45) is 0 Å². The van der Waals surface area contributed by atoms with E-state index in [1.54, 1.807) is 25.2 Å². The summed E-state index contributed by atoms with van der Waals surface area (Å²) in [6.07, 6.45) is 0.599. The van der Waals surface area contributed by atoms with Crippen LogP contribution in [0.5, 0.6) is 0 Å². The molecule has 3 aromatic heterocycles. The summed E-state index contributed by atoms with van der Waals surface area (Å²) in [4.78, 5) is 12.0. The molecule has 0 aliphatic heterocycles. The Bertz CT molecular complexity index is 1170. The predicted molar refractivity (Wildman–Crippen MR) is 127 cm³/mol. The van der Waals surface area contributed by atoms with Gasteiger partial charge in [-0.25, -0.2) is 9.97 Å². The first-order valence-electron chi connectivity index (χ1n) is 10.3. The topological polar surface area (TPSA) is 102 Å². The first kappa shape index (κ1) is 21.3. The second-order valence-corrected chi connectivity index (χ2v) is 9.64. The summed E-state index contributed by atoms with van der Waals surface area (Å²) in [6.45, 7) is 7.95. The summed E-state index contributed by atoms with van der Waals surface area (Å²) >= 11 is 1.73.